The third-order valence-corrected chi connectivity index (χ3v) is 13.6. The first-order valence-corrected chi connectivity index (χ1v) is 30.3. The first kappa shape index (κ1) is 69.4. The molecule has 6 unspecified atom stereocenters. The van der Waals surface area contributed by atoms with Crippen molar-refractivity contribution >= 4 is 23.9 Å². The van der Waals surface area contributed by atoms with E-state index in [4.69, 9.17) is 23.7 Å². The number of hydrogen-bond donors (Lipinski definition) is 3. The third-order valence-electron chi connectivity index (χ3n) is 13.6. The maximum Gasteiger partial charge on any atom is 0.335 e. The fourth-order valence-corrected chi connectivity index (χ4v) is 8.95. The molecule has 1 saturated heterocycles. The number of carboxylic acids is 1. The summed E-state index contributed by atoms with van der Waals surface area (Å²) in [6.07, 6.45) is 50.4. The lowest BCUT2D eigenvalue weighted by Gasteiger charge is -2.40. The first-order chi connectivity index (χ1) is 36.6. The molecule has 0 aromatic rings. The van der Waals surface area contributed by atoms with Gasteiger partial charge in [0.25, 0.3) is 0 Å². The number of aliphatic carboxylic acids is 1. The second kappa shape index (κ2) is 51.2. The van der Waals surface area contributed by atoms with Gasteiger partial charge in [-0.3, -0.25) is 14.4 Å². The summed E-state index contributed by atoms with van der Waals surface area (Å²) in [5, 5.41) is 31.5. The van der Waals surface area contributed by atoms with Crippen molar-refractivity contribution in [1.82, 2.24) is 0 Å². The lowest BCUT2D eigenvalue weighted by atomic mass is 9.98. The van der Waals surface area contributed by atoms with E-state index in [9.17, 15) is 34.5 Å². The average Bonchev–Trinajstić information content (AvgIpc) is 3.39. The predicted molar refractivity (Wildman–Crippen MR) is 303 cm³/mol. The molecule has 1 rings (SSSR count). The van der Waals surface area contributed by atoms with Crippen LogP contribution in [-0.4, -0.2) is 89.2 Å². The molecule has 12 nitrogen and oxygen atoms in total. The monoisotopic (exact) mass is 1060 g/mol. The molecule has 1 aliphatic rings. The Morgan fingerprint density at radius 3 is 1.33 bits per heavy atom. The smallest absolute Gasteiger partial charge is 0.335 e. The van der Waals surface area contributed by atoms with Crippen molar-refractivity contribution in [2.45, 2.75) is 302 Å². The molecule has 0 aliphatic carbocycles. The Morgan fingerprint density at radius 1 is 0.453 bits per heavy atom. The number of carboxylic acid groups (broad SMARTS) is 1. The van der Waals surface area contributed by atoms with E-state index in [1.807, 2.05) is 0 Å². The fraction of sp³-hybridized carbons (Fsp3) is 0.778. The van der Waals surface area contributed by atoms with Crippen LogP contribution in [0.1, 0.15) is 265 Å². The molecule has 1 aliphatic heterocycles. The first-order valence-electron chi connectivity index (χ1n) is 30.3. The number of ether oxygens (including phenoxy) is 5. The second-order valence-electron chi connectivity index (χ2n) is 20.6. The quantitative estimate of drug-likeness (QED) is 0.0228. The van der Waals surface area contributed by atoms with Crippen molar-refractivity contribution in [3.63, 3.8) is 0 Å². The highest BCUT2D eigenvalue weighted by molar-refractivity contribution is 5.74. The van der Waals surface area contributed by atoms with Gasteiger partial charge < -0.3 is 39.0 Å². The topological polar surface area (TPSA) is 175 Å². The Balaban J connectivity index is 2.68. The number of carbonyl (C=O) groups excluding carboxylic acids is 3. The number of unbranched alkanes of at least 4 members (excludes halogenated alkanes) is 27. The maximum absolute atomic E-state index is 13.1. The van der Waals surface area contributed by atoms with Crippen LogP contribution in [0.15, 0.2) is 60.8 Å². The summed E-state index contributed by atoms with van der Waals surface area (Å²) < 4.78 is 28.4. The molecule has 0 aromatic heterocycles. The van der Waals surface area contributed by atoms with Gasteiger partial charge in [-0.15, -0.1) is 0 Å². The highest BCUT2D eigenvalue weighted by Gasteiger charge is 2.50. The van der Waals surface area contributed by atoms with Crippen LogP contribution < -0.4 is 0 Å². The largest absolute Gasteiger partial charge is 0.479 e. The number of carbonyl (C=O) groups is 4. The van der Waals surface area contributed by atoms with Gasteiger partial charge in [0.2, 0.25) is 0 Å². The minimum atomic E-state index is -1.91. The molecule has 6 atom stereocenters. The molecule has 3 N–H and O–H groups in total. The fourth-order valence-electron chi connectivity index (χ4n) is 8.95. The van der Waals surface area contributed by atoms with Gasteiger partial charge in [0.05, 0.1) is 6.61 Å². The summed E-state index contributed by atoms with van der Waals surface area (Å²) >= 11 is 0. The summed E-state index contributed by atoms with van der Waals surface area (Å²) in [7, 11) is 0. The van der Waals surface area contributed by atoms with Gasteiger partial charge in [-0.2, -0.15) is 0 Å². The van der Waals surface area contributed by atoms with E-state index in [2.05, 4.69) is 81.5 Å². The van der Waals surface area contributed by atoms with Crippen LogP contribution in [0.5, 0.6) is 0 Å². The second-order valence-corrected chi connectivity index (χ2v) is 20.6. The molecule has 0 spiro atoms. The number of allylic oxidation sites excluding steroid dienone is 10. The Bertz CT molecular complexity index is 1540. The average molecular weight is 1060 g/mol. The van der Waals surface area contributed by atoms with E-state index < -0.39 is 67.3 Å². The zero-order valence-corrected chi connectivity index (χ0v) is 47.5. The van der Waals surface area contributed by atoms with Crippen LogP contribution in [0.4, 0.5) is 0 Å². The number of aliphatic hydroxyl groups is 2. The number of hydrogen-bond acceptors (Lipinski definition) is 11. The summed E-state index contributed by atoms with van der Waals surface area (Å²) in [6.45, 7) is 5.81. The lowest BCUT2D eigenvalue weighted by molar-refractivity contribution is -0.301. The molecule has 0 aromatic carbocycles. The Morgan fingerprint density at radius 2 is 0.867 bits per heavy atom. The molecular weight excluding hydrogens is 949 g/mol. The van der Waals surface area contributed by atoms with Gasteiger partial charge >= 0.3 is 23.9 Å². The van der Waals surface area contributed by atoms with Crippen LogP contribution in [0.3, 0.4) is 0 Å². The Kier molecular flexibility index (Phi) is 47.4. The number of rotatable bonds is 51. The van der Waals surface area contributed by atoms with Crippen LogP contribution in [-0.2, 0) is 42.9 Å². The van der Waals surface area contributed by atoms with Crippen molar-refractivity contribution in [2.75, 3.05) is 13.2 Å². The highest BCUT2D eigenvalue weighted by Crippen LogP contribution is 2.26. The molecule has 432 valence electrons. The van der Waals surface area contributed by atoms with Crippen molar-refractivity contribution < 1.29 is 58.2 Å². The molecule has 1 heterocycles. The minimum Gasteiger partial charge on any atom is -0.479 e. The lowest BCUT2D eigenvalue weighted by Crippen LogP contribution is -2.61. The van der Waals surface area contributed by atoms with Gasteiger partial charge in [0, 0.05) is 19.3 Å². The molecule has 0 radical (unpaired) electrons. The SMILES string of the molecule is CC/C=C\C/C=C\C/C=C\CCCCCCCC(=O)OCC(COC1OC(C(=O)O)C(O)C(O)C1OC(=O)CCCCCCCCCCCCCCCCCCC)OC(=O)CCCCCCC/C=C\C/C=C\CCC. The van der Waals surface area contributed by atoms with Crippen molar-refractivity contribution in [2.24, 2.45) is 0 Å². The van der Waals surface area contributed by atoms with Crippen LogP contribution >= 0.6 is 0 Å². The van der Waals surface area contributed by atoms with Gasteiger partial charge in [-0.05, 0) is 77.0 Å². The molecule has 12 heteroatoms. The zero-order valence-electron chi connectivity index (χ0n) is 47.5. The molecule has 75 heavy (non-hydrogen) atoms. The van der Waals surface area contributed by atoms with Crippen LogP contribution in [0, 0.1) is 0 Å². The van der Waals surface area contributed by atoms with E-state index >= 15 is 0 Å². The summed E-state index contributed by atoms with van der Waals surface area (Å²) in [6, 6.07) is 0. The van der Waals surface area contributed by atoms with Crippen LogP contribution in [0.25, 0.3) is 0 Å². The summed E-state index contributed by atoms with van der Waals surface area (Å²) in [5.74, 6) is -3.15. The summed E-state index contributed by atoms with van der Waals surface area (Å²) in [4.78, 5) is 51.1. The van der Waals surface area contributed by atoms with Gasteiger partial charge in [-0.25, -0.2) is 4.79 Å². The zero-order chi connectivity index (χ0) is 54.7. The van der Waals surface area contributed by atoms with E-state index in [0.717, 1.165) is 128 Å². The van der Waals surface area contributed by atoms with Gasteiger partial charge in [0.1, 0.15) is 18.8 Å². The summed E-state index contributed by atoms with van der Waals surface area (Å²) in [5.41, 5.74) is 0. The number of aliphatic hydroxyl groups excluding tert-OH is 2. The molecular formula is C63H108O12. The van der Waals surface area contributed by atoms with Crippen molar-refractivity contribution in [3.8, 4) is 0 Å². The van der Waals surface area contributed by atoms with Crippen molar-refractivity contribution in [1.29, 1.82) is 0 Å². The minimum absolute atomic E-state index is 0.0599. The van der Waals surface area contributed by atoms with E-state index in [1.54, 1.807) is 0 Å². The molecule has 0 amide bonds. The van der Waals surface area contributed by atoms with Gasteiger partial charge in [0.15, 0.2) is 24.6 Å². The number of esters is 3. The third kappa shape index (κ3) is 41.2. The normalized spacial score (nSPS) is 18.5. The van der Waals surface area contributed by atoms with E-state index in [-0.39, 0.29) is 25.9 Å². The van der Waals surface area contributed by atoms with Crippen LogP contribution in [0.2, 0.25) is 0 Å². The van der Waals surface area contributed by atoms with Crippen molar-refractivity contribution in [3.05, 3.63) is 60.8 Å². The Hall–Kier alpha value is -3.58. The maximum atomic E-state index is 13.1. The van der Waals surface area contributed by atoms with E-state index in [0.29, 0.717) is 19.3 Å². The Labute approximate surface area is 456 Å². The molecule has 0 bridgehead atoms. The van der Waals surface area contributed by atoms with Gasteiger partial charge in [-0.1, -0.05) is 229 Å². The van der Waals surface area contributed by atoms with E-state index in [1.165, 1.54) is 77.0 Å². The highest BCUT2D eigenvalue weighted by atomic mass is 16.7. The standard InChI is InChI=1S/C63H108O12/c1-4-7-10-13-16-19-22-25-27-28-30-33-36-39-42-45-48-51-57(66)74-61-59(68)58(67)60(62(69)70)75-63(61)72-53-54(73-56(65)50-47-44-41-38-35-31-24-21-18-15-12-9-6-3)52-71-55(64)49-46-43-40-37-34-32-29-26-23-20-17-14-11-8-5-2/h8,11-12,15,17,20-21,24,26,29,54,58-61,63,67-68H,4-7,9-10,13-14,16,18-19,22-23,25,27-28,30-53H2,1-3H3,(H,69,70)/b11-8-,15-12-,20-17-,24-21-,29-26-. The predicted octanol–water partition coefficient (Wildman–Crippen LogP) is 15.6. The molecule has 1 fully saturated rings. The molecule has 0 saturated carbocycles.